The summed E-state index contributed by atoms with van der Waals surface area (Å²) in [6.07, 6.45) is 5.11. The van der Waals surface area contributed by atoms with Crippen molar-refractivity contribution in [2.24, 2.45) is 0 Å². The average Bonchev–Trinajstić information content (AvgIpc) is 3.28. The van der Waals surface area contributed by atoms with Gasteiger partial charge in [0.25, 0.3) is 0 Å². The highest BCUT2D eigenvalue weighted by molar-refractivity contribution is 9.10. The van der Waals surface area contributed by atoms with Crippen molar-refractivity contribution in [3.05, 3.63) is 99.7 Å². The Bertz CT molecular complexity index is 1220. The SMILES string of the molecule is Oc1ccc2c(c1)CC=C2C(c1ccc(Br)cc1)c1c[nH]c2cc(O)ccc12. The minimum Gasteiger partial charge on any atom is -0.508 e. The molecule has 5 rings (SSSR count). The van der Waals surface area contributed by atoms with Crippen LogP contribution in [0.15, 0.2) is 77.4 Å². The zero-order chi connectivity index (χ0) is 19.3. The molecule has 1 aliphatic carbocycles. The highest BCUT2D eigenvalue weighted by atomic mass is 79.9. The van der Waals surface area contributed by atoms with Gasteiger partial charge in [-0.1, -0.05) is 40.2 Å². The summed E-state index contributed by atoms with van der Waals surface area (Å²) in [6, 6.07) is 19.5. The number of aromatic amines is 1. The molecule has 3 aromatic carbocycles. The van der Waals surface area contributed by atoms with E-state index in [0.717, 1.165) is 27.4 Å². The van der Waals surface area contributed by atoms with Crippen molar-refractivity contribution in [1.82, 2.24) is 4.98 Å². The van der Waals surface area contributed by atoms with Crippen LogP contribution in [0.1, 0.15) is 28.2 Å². The predicted octanol–water partition coefficient (Wildman–Crippen LogP) is 6.11. The standard InChI is InChI=1S/C24H18BrNO2/c25-16-4-1-14(2-5-16)24(21-8-3-15-11-17(27)6-9-19(15)21)22-13-26-23-12-18(28)7-10-20(22)23/h1-2,4-13,24,26-28H,3H2. The molecule has 0 spiro atoms. The van der Waals surface area contributed by atoms with Crippen molar-refractivity contribution in [2.45, 2.75) is 12.3 Å². The maximum Gasteiger partial charge on any atom is 0.117 e. The fraction of sp³-hybridized carbons (Fsp3) is 0.0833. The van der Waals surface area contributed by atoms with Gasteiger partial charge < -0.3 is 15.2 Å². The van der Waals surface area contributed by atoms with Crippen molar-refractivity contribution >= 4 is 32.4 Å². The summed E-state index contributed by atoms with van der Waals surface area (Å²) in [4.78, 5) is 3.31. The number of allylic oxidation sites excluding steroid dienone is 2. The molecule has 0 amide bonds. The molecule has 3 N–H and O–H groups in total. The molecule has 1 aromatic heterocycles. The van der Waals surface area contributed by atoms with E-state index in [9.17, 15) is 10.2 Å². The summed E-state index contributed by atoms with van der Waals surface area (Å²) in [5.74, 6) is 0.607. The number of phenols is 2. The summed E-state index contributed by atoms with van der Waals surface area (Å²) >= 11 is 3.53. The minimum absolute atomic E-state index is 0.0529. The first-order valence-electron chi connectivity index (χ1n) is 9.18. The van der Waals surface area contributed by atoms with E-state index in [2.05, 4.69) is 51.3 Å². The summed E-state index contributed by atoms with van der Waals surface area (Å²) in [5.41, 5.74) is 6.86. The van der Waals surface area contributed by atoms with Crippen molar-refractivity contribution in [3.63, 3.8) is 0 Å². The van der Waals surface area contributed by atoms with Gasteiger partial charge in [0.2, 0.25) is 0 Å². The Labute approximate surface area is 171 Å². The molecule has 138 valence electrons. The molecule has 0 saturated carbocycles. The largest absolute Gasteiger partial charge is 0.508 e. The monoisotopic (exact) mass is 431 g/mol. The molecule has 3 nitrogen and oxygen atoms in total. The lowest BCUT2D eigenvalue weighted by molar-refractivity contribution is 0.474. The third kappa shape index (κ3) is 2.81. The van der Waals surface area contributed by atoms with Gasteiger partial charge >= 0.3 is 0 Å². The molecule has 28 heavy (non-hydrogen) atoms. The quantitative estimate of drug-likeness (QED) is 0.366. The Morgan fingerprint density at radius 2 is 1.64 bits per heavy atom. The molecular formula is C24H18BrNO2. The van der Waals surface area contributed by atoms with E-state index < -0.39 is 0 Å². The lowest BCUT2D eigenvalue weighted by atomic mass is 9.82. The Morgan fingerprint density at radius 3 is 2.46 bits per heavy atom. The van der Waals surface area contributed by atoms with E-state index in [1.807, 2.05) is 24.4 Å². The van der Waals surface area contributed by atoms with E-state index in [1.165, 1.54) is 22.3 Å². The molecule has 1 unspecified atom stereocenters. The van der Waals surface area contributed by atoms with Gasteiger partial charge in [-0.15, -0.1) is 0 Å². The molecule has 0 fully saturated rings. The molecule has 0 aliphatic heterocycles. The first kappa shape index (κ1) is 17.1. The number of hydrogen-bond donors (Lipinski definition) is 3. The Hall–Kier alpha value is -2.98. The number of hydrogen-bond acceptors (Lipinski definition) is 2. The maximum atomic E-state index is 9.86. The second kappa shape index (κ2) is 6.57. The molecule has 0 saturated heterocycles. The topological polar surface area (TPSA) is 56.2 Å². The lowest BCUT2D eigenvalue weighted by Gasteiger charge is -2.21. The number of aromatic nitrogens is 1. The zero-order valence-corrected chi connectivity index (χ0v) is 16.6. The Kier molecular flexibility index (Phi) is 4.02. The van der Waals surface area contributed by atoms with E-state index in [1.54, 1.807) is 18.2 Å². The minimum atomic E-state index is 0.0529. The highest BCUT2D eigenvalue weighted by Crippen LogP contribution is 2.45. The van der Waals surface area contributed by atoms with Crippen LogP contribution in [0.2, 0.25) is 0 Å². The molecule has 1 atom stereocenters. The number of benzene rings is 3. The third-order valence-corrected chi connectivity index (χ3v) is 5.99. The number of halogens is 1. The Morgan fingerprint density at radius 1 is 0.893 bits per heavy atom. The van der Waals surface area contributed by atoms with Gasteiger partial charge in [-0.3, -0.25) is 0 Å². The second-order valence-corrected chi connectivity index (χ2v) is 8.08. The van der Waals surface area contributed by atoms with Crippen LogP contribution in [0.3, 0.4) is 0 Å². The smallest absolute Gasteiger partial charge is 0.117 e. The van der Waals surface area contributed by atoms with E-state index in [0.29, 0.717) is 5.75 Å². The van der Waals surface area contributed by atoms with Crippen molar-refractivity contribution in [2.75, 3.05) is 0 Å². The van der Waals surface area contributed by atoms with Crippen molar-refractivity contribution < 1.29 is 10.2 Å². The van der Waals surface area contributed by atoms with E-state index in [4.69, 9.17) is 0 Å². The third-order valence-electron chi connectivity index (χ3n) is 5.46. The molecule has 4 aromatic rings. The average molecular weight is 432 g/mol. The molecule has 4 heteroatoms. The molecule has 1 aliphatic rings. The summed E-state index contributed by atoms with van der Waals surface area (Å²) in [6.45, 7) is 0. The molecule has 0 radical (unpaired) electrons. The Balaban J connectivity index is 1.72. The highest BCUT2D eigenvalue weighted by Gasteiger charge is 2.27. The number of nitrogens with one attached hydrogen (secondary N) is 1. The van der Waals surface area contributed by atoms with Crippen LogP contribution in [0.25, 0.3) is 16.5 Å². The van der Waals surface area contributed by atoms with Crippen LogP contribution in [0.4, 0.5) is 0 Å². The summed E-state index contributed by atoms with van der Waals surface area (Å²) < 4.78 is 1.05. The fourth-order valence-corrected chi connectivity index (χ4v) is 4.46. The number of rotatable bonds is 3. The normalized spacial score (nSPS) is 14.1. The van der Waals surface area contributed by atoms with Gasteiger partial charge in [0.1, 0.15) is 11.5 Å². The predicted molar refractivity (Wildman–Crippen MR) is 116 cm³/mol. The van der Waals surface area contributed by atoms with Crippen LogP contribution >= 0.6 is 15.9 Å². The molecular weight excluding hydrogens is 414 g/mol. The summed E-state index contributed by atoms with van der Waals surface area (Å²) in [7, 11) is 0. The van der Waals surface area contributed by atoms with Crippen molar-refractivity contribution in [3.8, 4) is 11.5 Å². The maximum absolute atomic E-state index is 9.86. The molecule has 0 bridgehead atoms. The van der Waals surface area contributed by atoms with E-state index >= 15 is 0 Å². The van der Waals surface area contributed by atoms with Gasteiger partial charge in [-0.2, -0.15) is 0 Å². The van der Waals surface area contributed by atoms with Crippen molar-refractivity contribution in [1.29, 1.82) is 0 Å². The zero-order valence-electron chi connectivity index (χ0n) is 15.0. The second-order valence-electron chi connectivity index (χ2n) is 7.16. The van der Waals surface area contributed by atoms with Crippen LogP contribution in [-0.4, -0.2) is 15.2 Å². The number of phenolic OH excluding ortho intramolecular Hbond substituents is 2. The first-order valence-corrected chi connectivity index (χ1v) is 9.97. The van der Waals surface area contributed by atoms with Gasteiger partial charge in [-0.25, -0.2) is 0 Å². The number of fused-ring (bicyclic) bond motifs is 2. The van der Waals surface area contributed by atoms with Gasteiger partial charge in [-0.05, 0) is 70.6 Å². The number of aromatic hydroxyl groups is 2. The van der Waals surface area contributed by atoms with Crippen LogP contribution in [0, 0.1) is 0 Å². The summed E-state index contributed by atoms with van der Waals surface area (Å²) in [5, 5.41) is 20.8. The van der Waals surface area contributed by atoms with Gasteiger partial charge in [0.05, 0.1) is 0 Å². The van der Waals surface area contributed by atoms with Gasteiger partial charge in [0, 0.05) is 33.6 Å². The van der Waals surface area contributed by atoms with Crippen LogP contribution in [0.5, 0.6) is 11.5 Å². The fourth-order valence-electron chi connectivity index (χ4n) is 4.19. The van der Waals surface area contributed by atoms with Gasteiger partial charge in [0.15, 0.2) is 0 Å². The number of H-pyrrole nitrogens is 1. The van der Waals surface area contributed by atoms with E-state index in [-0.39, 0.29) is 11.7 Å². The first-order chi connectivity index (χ1) is 13.6. The molecule has 1 heterocycles. The van der Waals surface area contributed by atoms with Crippen LogP contribution < -0.4 is 0 Å². The van der Waals surface area contributed by atoms with Crippen LogP contribution in [-0.2, 0) is 6.42 Å². The lowest BCUT2D eigenvalue weighted by Crippen LogP contribution is -2.03.